The van der Waals surface area contributed by atoms with E-state index in [0.29, 0.717) is 0 Å². The van der Waals surface area contributed by atoms with Gasteiger partial charge in [0.1, 0.15) is 0 Å². The van der Waals surface area contributed by atoms with Gasteiger partial charge in [-0.2, -0.15) is 52.7 Å². The van der Waals surface area contributed by atoms with Gasteiger partial charge in [0, 0.05) is 18.9 Å². The highest BCUT2D eigenvalue weighted by Crippen LogP contribution is 2.57. The zero-order valence-electron chi connectivity index (χ0n) is 12.3. The standard InChI is InChI=1S/C11H7F14NS/c12-6(8(14,15)16,9(17,18)19)3-5(1-2-26-4-27)7(13,10(20,21)22)11(23,24)25/h5H,1-3H2. The molecular weight excluding hydrogens is 444 g/mol. The summed E-state index contributed by atoms with van der Waals surface area (Å²) in [5.41, 5.74) is -13.1. The molecular formula is C11H7F14NS. The van der Waals surface area contributed by atoms with Crippen LogP contribution in [0.4, 0.5) is 61.5 Å². The van der Waals surface area contributed by atoms with E-state index in [0.717, 1.165) is 0 Å². The fraction of sp³-hybridized carbons (Fsp3) is 0.909. The van der Waals surface area contributed by atoms with E-state index < -0.39 is 61.3 Å². The van der Waals surface area contributed by atoms with Crippen LogP contribution in [0.2, 0.25) is 0 Å². The van der Waals surface area contributed by atoms with Crippen molar-refractivity contribution < 1.29 is 61.5 Å². The fourth-order valence-corrected chi connectivity index (χ4v) is 2.15. The highest BCUT2D eigenvalue weighted by atomic mass is 32.1. The van der Waals surface area contributed by atoms with Crippen molar-refractivity contribution in [3.63, 3.8) is 0 Å². The molecule has 0 rings (SSSR count). The molecule has 0 bridgehead atoms. The van der Waals surface area contributed by atoms with Gasteiger partial charge in [0.2, 0.25) is 0 Å². The average Bonchev–Trinajstić information content (AvgIpc) is 2.40. The van der Waals surface area contributed by atoms with E-state index in [2.05, 4.69) is 17.2 Å². The second kappa shape index (κ2) is 7.68. The lowest BCUT2D eigenvalue weighted by molar-refractivity contribution is -0.379. The summed E-state index contributed by atoms with van der Waals surface area (Å²) < 4.78 is 179. The number of nitrogens with zero attached hydrogens (tertiary/aromatic N) is 1. The Morgan fingerprint density at radius 1 is 0.667 bits per heavy atom. The van der Waals surface area contributed by atoms with Crippen LogP contribution in [-0.2, 0) is 0 Å². The van der Waals surface area contributed by atoms with Crippen LogP contribution >= 0.6 is 12.2 Å². The molecule has 0 aliphatic heterocycles. The molecule has 0 aromatic rings. The van der Waals surface area contributed by atoms with E-state index in [4.69, 9.17) is 0 Å². The van der Waals surface area contributed by atoms with Crippen molar-refractivity contribution in [3.05, 3.63) is 0 Å². The number of isothiocyanates is 1. The lowest BCUT2D eigenvalue weighted by Crippen LogP contribution is -2.62. The monoisotopic (exact) mass is 451 g/mol. The summed E-state index contributed by atoms with van der Waals surface area (Å²) in [5, 5.41) is 1.36. The Bertz CT molecular complexity index is 521. The molecule has 0 heterocycles. The minimum atomic E-state index is -7.00. The molecule has 0 fully saturated rings. The number of thiocarbonyl (C=S) groups is 1. The molecule has 0 saturated heterocycles. The summed E-state index contributed by atoms with van der Waals surface area (Å²) in [5.74, 6) is -4.18. The summed E-state index contributed by atoms with van der Waals surface area (Å²) in [7, 11) is 0. The smallest absolute Gasteiger partial charge is 0.233 e. The van der Waals surface area contributed by atoms with Gasteiger partial charge >= 0.3 is 30.4 Å². The Morgan fingerprint density at radius 3 is 1.30 bits per heavy atom. The quantitative estimate of drug-likeness (QED) is 0.268. The van der Waals surface area contributed by atoms with Crippen LogP contribution in [0.5, 0.6) is 0 Å². The first-order valence-corrected chi connectivity index (χ1v) is 6.76. The molecule has 1 unspecified atom stereocenters. The molecule has 0 amide bonds. The summed E-state index contributed by atoms with van der Waals surface area (Å²) in [6, 6.07) is 0. The molecule has 0 aliphatic carbocycles. The molecule has 27 heavy (non-hydrogen) atoms. The Kier molecular flexibility index (Phi) is 7.34. The number of halogens is 14. The van der Waals surface area contributed by atoms with E-state index in [1.807, 2.05) is 0 Å². The minimum Gasteiger partial charge on any atom is -0.233 e. The first-order valence-electron chi connectivity index (χ1n) is 6.35. The van der Waals surface area contributed by atoms with Crippen LogP contribution < -0.4 is 0 Å². The summed E-state index contributed by atoms with van der Waals surface area (Å²) in [4.78, 5) is 2.72. The van der Waals surface area contributed by atoms with Crippen LogP contribution in [-0.4, -0.2) is 47.7 Å². The van der Waals surface area contributed by atoms with Gasteiger partial charge in [-0.05, 0) is 18.6 Å². The van der Waals surface area contributed by atoms with Gasteiger partial charge < -0.3 is 0 Å². The minimum absolute atomic E-state index is 1.36. The molecule has 0 spiro atoms. The molecule has 160 valence electrons. The highest BCUT2D eigenvalue weighted by molar-refractivity contribution is 7.78. The summed E-state index contributed by atoms with van der Waals surface area (Å²) >= 11 is 3.88. The Labute approximate surface area is 146 Å². The molecule has 0 aliphatic rings. The third kappa shape index (κ3) is 5.00. The van der Waals surface area contributed by atoms with Gasteiger partial charge in [0.05, 0.1) is 5.16 Å². The van der Waals surface area contributed by atoms with E-state index in [1.165, 1.54) is 5.16 Å². The van der Waals surface area contributed by atoms with Crippen molar-refractivity contribution in [2.45, 2.75) is 48.9 Å². The molecule has 0 saturated carbocycles. The second-order valence-corrected chi connectivity index (χ2v) is 5.35. The Morgan fingerprint density at radius 2 is 1.04 bits per heavy atom. The van der Waals surface area contributed by atoms with Gasteiger partial charge in [-0.15, -0.1) is 0 Å². The largest absolute Gasteiger partial charge is 0.431 e. The number of rotatable bonds is 6. The summed E-state index contributed by atoms with van der Waals surface area (Å²) in [6.45, 7) is -1.36. The van der Waals surface area contributed by atoms with Crippen molar-refractivity contribution >= 4 is 17.4 Å². The van der Waals surface area contributed by atoms with Crippen LogP contribution in [0.25, 0.3) is 0 Å². The van der Waals surface area contributed by atoms with Crippen LogP contribution in [0.1, 0.15) is 12.8 Å². The van der Waals surface area contributed by atoms with Gasteiger partial charge in [-0.3, -0.25) is 0 Å². The third-order valence-electron chi connectivity index (χ3n) is 3.47. The SMILES string of the molecule is FC(F)(F)C(F)(CC(CCN=C=S)C(F)(C(F)(F)F)C(F)(F)F)C(F)(F)F. The maximum absolute atomic E-state index is 14.0. The molecule has 1 nitrogen and oxygen atoms in total. The molecule has 0 radical (unpaired) electrons. The van der Waals surface area contributed by atoms with Gasteiger partial charge in [0.15, 0.2) is 0 Å². The number of alkyl halides is 14. The summed E-state index contributed by atoms with van der Waals surface area (Å²) in [6.07, 6.45) is -33.5. The number of hydrogen-bond acceptors (Lipinski definition) is 2. The molecule has 1 atom stereocenters. The molecule has 0 N–H and O–H groups in total. The first-order chi connectivity index (χ1) is 11.7. The van der Waals surface area contributed by atoms with Crippen molar-refractivity contribution in [1.82, 2.24) is 0 Å². The van der Waals surface area contributed by atoms with E-state index in [-0.39, 0.29) is 0 Å². The lowest BCUT2D eigenvalue weighted by atomic mass is 9.77. The zero-order valence-corrected chi connectivity index (χ0v) is 13.2. The van der Waals surface area contributed by atoms with Gasteiger partial charge in [-0.25, -0.2) is 13.8 Å². The van der Waals surface area contributed by atoms with E-state index >= 15 is 0 Å². The van der Waals surface area contributed by atoms with Crippen molar-refractivity contribution in [1.29, 1.82) is 0 Å². The van der Waals surface area contributed by atoms with E-state index in [9.17, 15) is 61.5 Å². The topological polar surface area (TPSA) is 12.4 Å². The lowest BCUT2D eigenvalue weighted by Gasteiger charge is -2.40. The fourth-order valence-electron chi connectivity index (χ4n) is 2.06. The predicted molar refractivity (Wildman–Crippen MR) is 64.5 cm³/mol. The molecule has 0 aromatic carbocycles. The second-order valence-electron chi connectivity index (χ2n) is 5.17. The number of hydrogen-bond donors (Lipinski definition) is 0. The maximum atomic E-state index is 14.0. The van der Waals surface area contributed by atoms with Crippen molar-refractivity contribution in [2.75, 3.05) is 6.54 Å². The van der Waals surface area contributed by atoms with Crippen molar-refractivity contribution in [3.8, 4) is 0 Å². The normalized spacial score (nSPS) is 16.1. The molecule has 16 heteroatoms. The van der Waals surface area contributed by atoms with Crippen molar-refractivity contribution in [2.24, 2.45) is 10.9 Å². The third-order valence-corrected chi connectivity index (χ3v) is 3.60. The predicted octanol–water partition coefficient (Wildman–Crippen LogP) is 6.15. The maximum Gasteiger partial charge on any atom is 0.431 e. The zero-order chi connectivity index (χ0) is 22.1. The first kappa shape index (κ1) is 25.8. The van der Waals surface area contributed by atoms with E-state index in [1.54, 1.807) is 0 Å². The van der Waals surface area contributed by atoms with Gasteiger partial charge in [-0.1, -0.05) is 0 Å². The van der Waals surface area contributed by atoms with Crippen LogP contribution in [0, 0.1) is 5.92 Å². The number of aliphatic imine (C=N–C) groups is 1. The van der Waals surface area contributed by atoms with Crippen LogP contribution in [0.15, 0.2) is 4.99 Å². The Hall–Kier alpha value is -1.18. The van der Waals surface area contributed by atoms with Crippen LogP contribution in [0.3, 0.4) is 0 Å². The highest BCUT2D eigenvalue weighted by Gasteiger charge is 2.80. The molecule has 0 aromatic heterocycles. The average molecular weight is 451 g/mol. The van der Waals surface area contributed by atoms with Gasteiger partial charge in [0.25, 0.3) is 5.67 Å². The Balaban J connectivity index is 6.52.